The maximum atomic E-state index is 13.1. The first-order chi connectivity index (χ1) is 10.5. The van der Waals surface area contributed by atoms with E-state index in [2.05, 4.69) is 9.97 Å². The summed E-state index contributed by atoms with van der Waals surface area (Å²) in [5.41, 5.74) is -0.134. The van der Waals surface area contributed by atoms with Crippen LogP contribution in [0, 0.1) is 15.9 Å². The van der Waals surface area contributed by atoms with Crippen LogP contribution >= 0.6 is 0 Å². The Morgan fingerprint density at radius 3 is 2.82 bits per heavy atom. The fourth-order valence-electron chi connectivity index (χ4n) is 1.90. The van der Waals surface area contributed by atoms with Gasteiger partial charge in [0.2, 0.25) is 0 Å². The molecule has 0 aliphatic carbocycles. The number of rotatable bonds is 3. The van der Waals surface area contributed by atoms with Crippen LogP contribution in [0.25, 0.3) is 23.1 Å². The molecule has 8 heteroatoms. The molecule has 0 spiro atoms. The Morgan fingerprint density at radius 2 is 2.09 bits per heavy atom. The van der Waals surface area contributed by atoms with Crippen LogP contribution in [0.3, 0.4) is 0 Å². The van der Waals surface area contributed by atoms with Gasteiger partial charge in [-0.2, -0.15) is 0 Å². The molecule has 0 fully saturated rings. The van der Waals surface area contributed by atoms with Crippen molar-refractivity contribution in [1.82, 2.24) is 9.97 Å². The van der Waals surface area contributed by atoms with E-state index in [0.29, 0.717) is 5.52 Å². The highest BCUT2D eigenvalue weighted by molar-refractivity contribution is 5.78. The molecule has 0 saturated heterocycles. The largest absolute Gasteiger partial charge is 0.433 e. The number of fused-ring (bicyclic) bond motifs is 1. The number of nitrogens with zero attached hydrogens (tertiary/aromatic N) is 2. The normalized spacial score (nSPS) is 11.3. The van der Waals surface area contributed by atoms with Crippen molar-refractivity contribution in [3.63, 3.8) is 0 Å². The molecule has 3 rings (SSSR count). The van der Waals surface area contributed by atoms with E-state index in [1.807, 2.05) is 0 Å². The molecule has 22 heavy (non-hydrogen) atoms. The van der Waals surface area contributed by atoms with E-state index >= 15 is 0 Å². The number of H-pyrrole nitrogens is 1. The minimum absolute atomic E-state index is 0.144. The number of halogens is 1. The number of nitro groups is 1. The number of hydrogen-bond donors (Lipinski definition) is 1. The smallest absolute Gasteiger partial charge is 0.401 e. The molecular formula is C14H8FN3O4. The van der Waals surface area contributed by atoms with Crippen LogP contribution in [0.15, 0.2) is 39.5 Å². The first-order valence-corrected chi connectivity index (χ1v) is 6.15. The molecule has 0 unspecified atom stereocenters. The van der Waals surface area contributed by atoms with Crippen molar-refractivity contribution in [1.29, 1.82) is 0 Å². The second-order valence-electron chi connectivity index (χ2n) is 4.38. The SMILES string of the molecule is O=c1[nH]c(/C=C/c2ccc([N+](=O)[O-])o2)nc2ccc(F)cc12. The zero-order chi connectivity index (χ0) is 15.7. The van der Waals surface area contributed by atoms with Gasteiger partial charge >= 0.3 is 5.88 Å². The number of benzene rings is 1. The van der Waals surface area contributed by atoms with Crippen molar-refractivity contribution >= 4 is 28.9 Å². The minimum atomic E-state index is -0.651. The lowest BCUT2D eigenvalue weighted by Crippen LogP contribution is -2.09. The predicted molar refractivity (Wildman–Crippen MR) is 76.6 cm³/mol. The third-order valence-corrected chi connectivity index (χ3v) is 2.88. The molecule has 2 aromatic heterocycles. The molecule has 0 aliphatic heterocycles. The van der Waals surface area contributed by atoms with Crippen LogP contribution in [-0.2, 0) is 0 Å². The van der Waals surface area contributed by atoms with Gasteiger partial charge in [0.25, 0.3) is 5.56 Å². The second-order valence-corrected chi connectivity index (χ2v) is 4.38. The lowest BCUT2D eigenvalue weighted by molar-refractivity contribution is -0.402. The van der Waals surface area contributed by atoms with Gasteiger partial charge in [-0.05, 0) is 36.4 Å². The average Bonchev–Trinajstić information content (AvgIpc) is 2.95. The van der Waals surface area contributed by atoms with Crippen molar-refractivity contribution in [3.8, 4) is 0 Å². The molecule has 1 aromatic carbocycles. The van der Waals surface area contributed by atoms with Gasteiger partial charge in [0.05, 0.1) is 17.0 Å². The molecule has 0 aliphatic rings. The first kappa shape index (κ1) is 13.7. The van der Waals surface area contributed by atoms with Crippen LogP contribution < -0.4 is 5.56 Å². The second kappa shape index (κ2) is 5.24. The zero-order valence-corrected chi connectivity index (χ0v) is 10.9. The Labute approximate surface area is 121 Å². The van der Waals surface area contributed by atoms with E-state index in [4.69, 9.17) is 4.42 Å². The summed E-state index contributed by atoms with van der Waals surface area (Å²) >= 11 is 0. The van der Waals surface area contributed by atoms with Gasteiger partial charge in [-0.25, -0.2) is 9.37 Å². The molecule has 0 bridgehead atoms. The molecule has 1 N–H and O–H groups in total. The number of aromatic amines is 1. The van der Waals surface area contributed by atoms with Crippen LogP contribution in [0.2, 0.25) is 0 Å². The molecule has 3 aromatic rings. The lowest BCUT2D eigenvalue weighted by Gasteiger charge is -1.98. The molecule has 0 radical (unpaired) electrons. The first-order valence-electron chi connectivity index (χ1n) is 6.15. The van der Waals surface area contributed by atoms with E-state index in [1.165, 1.54) is 36.4 Å². The zero-order valence-electron chi connectivity index (χ0n) is 10.9. The Kier molecular flexibility index (Phi) is 3.26. The number of furan rings is 1. The van der Waals surface area contributed by atoms with E-state index in [0.717, 1.165) is 6.07 Å². The van der Waals surface area contributed by atoms with E-state index in [1.54, 1.807) is 0 Å². The fraction of sp³-hybridized carbons (Fsp3) is 0. The highest BCUT2D eigenvalue weighted by Crippen LogP contribution is 2.17. The molecule has 2 heterocycles. The van der Waals surface area contributed by atoms with Crippen LogP contribution in [0.5, 0.6) is 0 Å². The summed E-state index contributed by atoms with van der Waals surface area (Å²) in [7, 11) is 0. The summed E-state index contributed by atoms with van der Waals surface area (Å²) in [6, 6.07) is 6.35. The van der Waals surface area contributed by atoms with Crippen molar-refractivity contribution in [2.45, 2.75) is 0 Å². The summed E-state index contributed by atoms with van der Waals surface area (Å²) < 4.78 is 18.0. The summed E-state index contributed by atoms with van der Waals surface area (Å²) in [6.45, 7) is 0. The third kappa shape index (κ3) is 2.62. The monoisotopic (exact) mass is 301 g/mol. The van der Waals surface area contributed by atoms with E-state index in [-0.39, 0.29) is 22.9 Å². The molecule has 0 saturated carbocycles. The topological polar surface area (TPSA) is 102 Å². The highest BCUT2D eigenvalue weighted by Gasteiger charge is 2.10. The summed E-state index contributed by atoms with van der Waals surface area (Å²) in [5, 5.41) is 10.6. The highest BCUT2D eigenvalue weighted by atomic mass is 19.1. The summed E-state index contributed by atoms with van der Waals surface area (Å²) in [6.07, 6.45) is 2.87. The van der Waals surface area contributed by atoms with Crippen molar-refractivity contribution in [3.05, 3.63) is 68.2 Å². The third-order valence-electron chi connectivity index (χ3n) is 2.88. The maximum Gasteiger partial charge on any atom is 0.433 e. The van der Waals surface area contributed by atoms with Gasteiger partial charge in [0.15, 0.2) is 0 Å². The van der Waals surface area contributed by atoms with Gasteiger partial charge in [0.1, 0.15) is 22.3 Å². The number of aromatic nitrogens is 2. The fourth-order valence-corrected chi connectivity index (χ4v) is 1.90. The maximum absolute atomic E-state index is 13.1. The standard InChI is InChI=1S/C14H8FN3O4/c15-8-1-4-11-10(7-8)14(19)17-12(16-11)5-2-9-3-6-13(22-9)18(20)21/h1-7H,(H,16,17,19)/b5-2+. The lowest BCUT2D eigenvalue weighted by atomic mass is 10.2. The van der Waals surface area contributed by atoms with E-state index < -0.39 is 16.3 Å². The number of nitrogens with one attached hydrogen (secondary N) is 1. The Bertz CT molecular complexity index is 958. The number of hydrogen-bond acceptors (Lipinski definition) is 5. The molecule has 0 amide bonds. The van der Waals surface area contributed by atoms with Gasteiger partial charge < -0.3 is 9.40 Å². The van der Waals surface area contributed by atoms with Crippen molar-refractivity contribution < 1.29 is 13.7 Å². The predicted octanol–water partition coefficient (Wildman–Crippen LogP) is 2.73. The van der Waals surface area contributed by atoms with E-state index in [9.17, 15) is 19.3 Å². The Hall–Kier alpha value is -3.29. The molecule has 110 valence electrons. The summed E-state index contributed by atoms with van der Waals surface area (Å²) in [4.78, 5) is 28.3. The van der Waals surface area contributed by atoms with Crippen molar-refractivity contribution in [2.75, 3.05) is 0 Å². The van der Waals surface area contributed by atoms with Crippen molar-refractivity contribution in [2.24, 2.45) is 0 Å². The van der Waals surface area contributed by atoms with Gasteiger partial charge in [-0.3, -0.25) is 14.9 Å². The Balaban J connectivity index is 1.96. The molecular weight excluding hydrogens is 293 g/mol. The Morgan fingerprint density at radius 1 is 1.27 bits per heavy atom. The van der Waals surface area contributed by atoms with Gasteiger partial charge in [-0.1, -0.05) is 0 Å². The van der Waals surface area contributed by atoms with Crippen LogP contribution in [-0.4, -0.2) is 14.9 Å². The minimum Gasteiger partial charge on any atom is -0.401 e. The quantitative estimate of drug-likeness (QED) is 0.592. The van der Waals surface area contributed by atoms with Crippen LogP contribution in [0.4, 0.5) is 10.3 Å². The van der Waals surface area contributed by atoms with Gasteiger partial charge in [0, 0.05) is 0 Å². The average molecular weight is 301 g/mol. The molecule has 0 atom stereocenters. The van der Waals surface area contributed by atoms with Crippen LogP contribution in [0.1, 0.15) is 11.6 Å². The van der Waals surface area contributed by atoms with Gasteiger partial charge in [-0.15, -0.1) is 0 Å². The summed E-state index contributed by atoms with van der Waals surface area (Å²) in [5.74, 6) is -0.433. The molecule has 7 nitrogen and oxygen atoms in total.